The second kappa shape index (κ2) is 7.25. The summed E-state index contributed by atoms with van der Waals surface area (Å²) in [6.45, 7) is 8.08. The summed E-state index contributed by atoms with van der Waals surface area (Å²) in [6, 6.07) is 3.46. The van der Waals surface area contributed by atoms with Gasteiger partial charge in [0.15, 0.2) is 0 Å². The Hall–Kier alpha value is -0.100. The van der Waals surface area contributed by atoms with Crippen LogP contribution in [0.5, 0.6) is 0 Å². The van der Waals surface area contributed by atoms with Gasteiger partial charge >= 0.3 is 0 Å². The molecule has 20 heavy (non-hydrogen) atoms. The number of halogens is 2. The molecule has 0 radical (unpaired) electrons. The topological polar surface area (TPSA) is 37.4 Å². The molecule has 0 aliphatic heterocycles. The fraction of sp³-hybridized carbons (Fsp3) is 0.571. The zero-order valence-corrected chi connectivity index (χ0v) is 15.4. The SMILES string of the molecule is CCCN(C(C)C)S(=O)(=O)c1cc(CCl)cc(Br)c1C. The van der Waals surface area contributed by atoms with E-state index in [0.717, 1.165) is 22.0 Å². The molecule has 0 spiro atoms. The smallest absolute Gasteiger partial charge is 0.207 e. The molecule has 0 saturated heterocycles. The highest BCUT2D eigenvalue weighted by Gasteiger charge is 2.28. The highest BCUT2D eigenvalue weighted by atomic mass is 79.9. The zero-order chi connectivity index (χ0) is 15.5. The average Bonchev–Trinajstić information content (AvgIpc) is 2.37. The molecule has 0 fully saturated rings. The minimum Gasteiger partial charge on any atom is -0.207 e. The van der Waals surface area contributed by atoms with E-state index in [4.69, 9.17) is 11.6 Å². The molecular formula is C14H21BrClNO2S. The largest absolute Gasteiger partial charge is 0.243 e. The zero-order valence-electron chi connectivity index (χ0n) is 12.3. The summed E-state index contributed by atoms with van der Waals surface area (Å²) >= 11 is 9.26. The molecule has 0 unspecified atom stereocenters. The van der Waals surface area contributed by atoms with Gasteiger partial charge in [-0.05, 0) is 50.5 Å². The van der Waals surface area contributed by atoms with Gasteiger partial charge in [0.25, 0.3) is 0 Å². The molecule has 0 heterocycles. The van der Waals surface area contributed by atoms with E-state index in [2.05, 4.69) is 15.9 Å². The monoisotopic (exact) mass is 381 g/mol. The lowest BCUT2D eigenvalue weighted by molar-refractivity contribution is 0.354. The maximum atomic E-state index is 12.9. The van der Waals surface area contributed by atoms with Crippen molar-refractivity contribution in [1.82, 2.24) is 4.31 Å². The summed E-state index contributed by atoms with van der Waals surface area (Å²) in [4.78, 5) is 0.338. The number of sulfonamides is 1. The number of nitrogens with zero attached hydrogens (tertiary/aromatic N) is 1. The fourth-order valence-electron chi connectivity index (χ4n) is 2.05. The molecule has 0 aromatic heterocycles. The first-order valence-corrected chi connectivity index (χ1v) is 9.39. The number of alkyl halides is 1. The molecule has 0 atom stereocenters. The molecule has 0 saturated carbocycles. The molecule has 1 rings (SSSR count). The van der Waals surface area contributed by atoms with Crippen LogP contribution in [0.25, 0.3) is 0 Å². The average molecular weight is 383 g/mol. The van der Waals surface area contributed by atoms with Crippen molar-refractivity contribution in [3.8, 4) is 0 Å². The van der Waals surface area contributed by atoms with Crippen LogP contribution in [0.4, 0.5) is 0 Å². The van der Waals surface area contributed by atoms with Crippen LogP contribution in [0.2, 0.25) is 0 Å². The van der Waals surface area contributed by atoms with Crippen molar-refractivity contribution in [1.29, 1.82) is 0 Å². The molecule has 6 heteroatoms. The van der Waals surface area contributed by atoms with Gasteiger partial charge in [-0.2, -0.15) is 4.31 Å². The molecule has 0 aliphatic carbocycles. The van der Waals surface area contributed by atoms with E-state index in [1.54, 1.807) is 17.3 Å². The van der Waals surface area contributed by atoms with E-state index in [0.29, 0.717) is 11.4 Å². The van der Waals surface area contributed by atoms with E-state index in [1.807, 2.05) is 26.8 Å². The minimum atomic E-state index is -3.50. The molecule has 0 bridgehead atoms. The van der Waals surface area contributed by atoms with Crippen molar-refractivity contribution in [2.75, 3.05) is 6.54 Å². The minimum absolute atomic E-state index is 0.0715. The molecule has 0 amide bonds. The molecular weight excluding hydrogens is 362 g/mol. The Morgan fingerprint density at radius 2 is 1.95 bits per heavy atom. The Morgan fingerprint density at radius 3 is 2.40 bits per heavy atom. The van der Waals surface area contributed by atoms with Gasteiger partial charge in [0, 0.05) is 22.9 Å². The first-order chi connectivity index (χ1) is 9.25. The quantitative estimate of drug-likeness (QED) is 0.688. The molecule has 3 nitrogen and oxygen atoms in total. The molecule has 1 aromatic rings. The Balaban J connectivity index is 3.44. The summed E-state index contributed by atoms with van der Waals surface area (Å²) in [5.41, 5.74) is 1.52. The Labute approximate surface area is 135 Å². The third kappa shape index (κ3) is 3.75. The predicted octanol–water partition coefficient (Wildman–Crippen LogP) is 4.31. The summed E-state index contributed by atoms with van der Waals surface area (Å²) in [6.07, 6.45) is 0.785. The van der Waals surface area contributed by atoms with E-state index in [1.165, 1.54) is 0 Å². The van der Waals surface area contributed by atoms with Crippen LogP contribution in [0.1, 0.15) is 38.3 Å². The van der Waals surface area contributed by atoms with Gasteiger partial charge < -0.3 is 0 Å². The van der Waals surface area contributed by atoms with E-state index in [9.17, 15) is 8.42 Å². The van der Waals surface area contributed by atoms with Crippen molar-refractivity contribution in [2.45, 2.75) is 50.9 Å². The number of benzene rings is 1. The third-order valence-corrected chi connectivity index (χ3v) is 6.45. The van der Waals surface area contributed by atoms with Gasteiger partial charge in [0.2, 0.25) is 10.0 Å². The van der Waals surface area contributed by atoms with Gasteiger partial charge in [-0.15, -0.1) is 11.6 Å². The highest BCUT2D eigenvalue weighted by Crippen LogP contribution is 2.29. The first-order valence-electron chi connectivity index (χ1n) is 6.62. The summed E-state index contributed by atoms with van der Waals surface area (Å²) in [5, 5.41) is 0. The van der Waals surface area contributed by atoms with Crippen LogP contribution in [0.15, 0.2) is 21.5 Å². The molecule has 0 aliphatic rings. The van der Waals surface area contributed by atoms with Crippen molar-refractivity contribution < 1.29 is 8.42 Å². The van der Waals surface area contributed by atoms with Crippen molar-refractivity contribution in [2.24, 2.45) is 0 Å². The second-order valence-corrected chi connectivity index (χ2v) is 8.02. The molecule has 114 valence electrons. The van der Waals surface area contributed by atoms with Gasteiger partial charge in [0.1, 0.15) is 0 Å². The van der Waals surface area contributed by atoms with Gasteiger partial charge in [0.05, 0.1) is 4.90 Å². The predicted molar refractivity (Wildman–Crippen MR) is 87.8 cm³/mol. The Kier molecular flexibility index (Phi) is 6.51. The maximum Gasteiger partial charge on any atom is 0.243 e. The molecule has 0 N–H and O–H groups in total. The first kappa shape index (κ1) is 18.0. The lowest BCUT2D eigenvalue weighted by Gasteiger charge is -2.26. The Morgan fingerprint density at radius 1 is 1.35 bits per heavy atom. The maximum absolute atomic E-state index is 12.9. The molecule has 1 aromatic carbocycles. The standard InChI is InChI=1S/C14H21BrClNO2S/c1-5-6-17(10(2)3)20(18,19)14-8-12(9-16)7-13(15)11(14)4/h7-8,10H,5-6,9H2,1-4H3. The third-order valence-electron chi connectivity index (χ3n) is 3.12. The van der Waals surface area contributed by atoms with Crippen LogP contribution in [-0.4, -0.2) is 25.3 Å². The van der Waals surface area contributed by atoms with Crippen LogP contribution in [-0.2, 0) is 15.9 Å². The summed E-state index contributed by atoms with van der Waals surface area (Å²) in [5.74, 6) is 0.289. The number of rotatable bonds is 6. The van der Waals surface area contributed by atoms with Crippen LogP contribution < -0.4 is 0 Å². The van der Waals surface area contributed by atoms with Crippen LogP contribution in [0, 0.1) is 6.92 Å². The Bertz CT molecular complexity index is 573. The lowest BCUT2D eigenvalue weighted by Crippen LogP contribution is -2.37. The van der Waals surface area contributed by atoms with Gasteiger partial charge in [-0.1, -0.05) is 22.9 Å². The van der Waals surface area contributed by atoms with Gasteiger partial charge in [-0.3, -0.25) is 0 Å². The fourth-order valence-corrected chi connectivity index (χ4v) is 4.88. The number of hydrogen-bond acceptors (Lipinski definition) is 2. The summed E-state index contributed by atoms with van der Waals surface area (Å²) < 4.78 is 28.0. The van der Waals surface area contributed by atoms with E-state index >= 15 is 0 Å². The van der Waals surface area contributed by atoms with Gasteiger partial charge in [-0.25, -0.2) is 8.42 Å². The van der Waals surface area contributed by atoms with Crippen molar-refractivity contribution in [3.63, 3.8) is 0 Å². The normalized spacial score (nSPS) is 12.4. The van der Waals surface area contributed by atoms with E-state index < -0.39 is 10.0 Å². The van der Waals surface area contributed by atoms with E-state index in [-0.39, 0.29) is 11.9 Å². The van der Waals surface area contributed by atoms with Crippen LogP contribution in [0.3, 0.4) is 0 Å². The number of hydrogen-bond donors (Lipinski definition) is 0. The lowest BCUT2D eigenvalue weighted by atomic mass is 10.2. The van der Waals surface area contributed by atoms with Crippen molar-refractivity contribution in [3.05, 3.63) is 27.7 Å². The second-order valence-electron chi connectivity index (χ2n) is 5.04. The summed E-state index contributed by atoms with van der Waals surface area (Å²) in [7, 11) is -3.50. The highest BCUT2D eigenvalue weighted by molar-refractivity contribution is 9.10. The van der Waals surface area contributed by atoms with Crippen molar-refractivity contribution >= 4 is 37.6 Å². The van der Waals surface area contributed by atoms with Crippen LogP contribution >= 0.6 is 27.5 Å².